The quantitative estimate of drug-likeness (QED) is 0.925. The van der Waals surface area contributed by atoms with Crippen LogP contribution in [0.2, 0.25) is 0 Å². The molecule has 2 aliphatic rings. The number of benzene rings is 1. The first-order valence-electron chi connectivity index (χ1n) is 8.29. The van der Waals surface area contributed by atoms with Gasteiger partial charge in [-0.25, -0.2) is 0 Å². The zero-order valence-electron chi connectivity index (χ0n) is 13.2. The van der Waals surface area contributed by atoms with Gasteiger partial charge >= 0.3 is 0 Å². The average molecular weight is 311 g/mol. The van der Waals surface area contributed by atoms with Gasteiger partial charge in [-0.2, -0.15) is 0 Å². The summed E-state index contributed by atoms with van der Waals surface area (Å²) in [5.74, 6) is 1.79. The summed E-state index contributed by atoms with van der Waals surface area (Å²) < 4.78 is 5.62. The lowest BCUT2D eigenvalue weighted by Gasteiger charge is -2.37. The summed E-state index contributed by atoms with van der Waals surface area (Å²) >= 11 is 0. The van der Waals surface area contributed by atoms with Gasteiger partial charge in [-0.05, 0) is 56.9 Å². The van der Waals surface area contributed by atoms with Crippen LogP contribution < -0.4 is 0 Å². The highest BCUT2D eigenvalue weighted by Gasteiger charge is 2.42. The van der Waals surface area contributed by atoms with Gasteiger partial charge in [0.05, 0.1) is 6.10 Å². The Balaban J connectivity index is 1.55. The van der Waals surface area contributed by atoms with Crippen molar-refractivity contribution in [2.24, 2.45) is 0 Å². The number of hydrogen-bond donors (Lipinski definition) is 1. The largest absolute Gasteiger partial charge is 0.461 e. The van der Waals surface area contributed by atoms with Crippen molar-refractivity contribution in [2.45, 2.75) is 50.8 Å². The van der Waals surface area contributed by atoms with E-state index in [0.717, 1.165) is 29.9 Å². The number of aliphatic hydroxyl groups excluding tert-OH is 1. The van der Waals surface area contributed by atoms with Crippen LogP contribution in [0.1, 0.15) is 41.8 Å². The summed E-state index contributed by atoms with van der Waals surface area (Å²) in [4.78, 5) is 14.8. The first-order valence-corrected chi connectivity index (χ1v) is 8.29. The summed E-state index contributed by atoms with van der Waals surface area (Å²) in [7, 11) is 0. The third-order valence-electron chi connectivity index (χ3n) is 5.10. The van der Waals surface area contributed by atoms with Crippen molar-refractivity contribution < 1.29 is 14.3 Å². The normalized spacial score (nSPS) is 26.5. The van der Waals surface area contributed by atoms with Gasteiger partial charge in [0.2, 0.25) is 0 Å². The molecule has 23 heavy (non-hydrogen) atoms. The molecule has 4 nitrogen and oxygen atoms in total. The number of fused-ring (bicyclic) bond motifs is 2. The molecule has 1 aromatic heterocycles. The monoisotopic (exact) mass is 311 g/mol. The maximum absolute atomic E-state index is 12.8. The first kappa shape index (κ1) is 14.5. The Morgan fingerprint density at radius 1 is 1.09 bits per heavy atom. The molecule has 120 valence electrons. The van der Waals surface area contributed by atoms with E-state index in [1.165, 1.54) is 0 Å². The molecule has 0 spiro atoms. The molecule has 2 aromatic rings. The molecule has 4 heteroatoms. The third kappa shape index (κ3) is 2.57. The molecule has 4 rings (SSSR count). The predicted molar refractivity (Wildman–Crippen MR) is 87.1 cm³/mol. The maximum atomic E-state index is 12.8. The number of piperidine rings is 1. The second-order valence-corrected chi connectivity index (χ2v) is 6.71. The summed E-state index contributed by atoms with van der Waals surface area (Å²) in [6, 6.07) is 11.9. The smallest absolute Gasteiger partial charge is 0.254 e. The minimum Gasteiger partial charge on any atom is -0.461 e. The van der Waals surface area contributed by atoms with Gasteiger partial charge in [0, 0.05) is 23.2 Å². The van der Waals surface area contributed by atoms with E-state index < -0.39 is 0 Å². The Bertz CT molecular complexity index is 704. The molecule has 0 aliphatic carbocycles. The first-order chi connectivity index (χ1) is 11.1. The Morgan fingerprint density at radius 2 is 1.74 bits per heavy atom. The minimum atomic E-state index is -0.249. The van der Waals surface area contributed by atoms with Gasteiger partial charge in [0.25, 0.3) is 5.91 Å². The van der Waals surface area contributed by atoms with Crippen LogP contribution >= 0.6 is 0 Å². The zero-order valence-corrected chi connectivity index (χ0v) is 13.2. The Hall–Kier alpha value is -2.07. The second-order valence-electron chi connectivity index (χ2n) is 6.71. The number of amides is 1. The van der Waals surface area contributed by atoms with Crippen molar-refractivity contribution in [3.05, 3.63) is 47.7 Å². The van der Waals surface area contributed by atoms with E-state index in [1.807, 2.05) is 48.2 Å². The van der Waals surface area contributed by atoms with Gasteiger partial charge in [0.1, 0.15) is 11.5 Å². The number of rotatable bonds is 2. The fraction of sp³-hybridized carbons (Fsp3) is 0.421. The molecule has 2 saturated heterocycles. The maximum Gasteiger partial charge on any atom is 0.254 e. The van der Waals surface area contributed by atoms with Crippen LogP contribution in [0.5, 0.6) is 0 Å². The van der Waals surface area contributed by atoms with E-state index >= 15 is 0 Å². The van der Waals surface area contributed by atoms with Crippen molar-refractivity contribution >= 4 is 5.91 Å². The minimum absolute atomic E-state index is 0.0894. The molecule has 2 fully saturated rings. The molecule has 2 aliphatic heterocycles. The van der Waals surface area contributed by atoms with Crippen LogP contribution in [-0.2, 0) is 0 Å². The molecular weight excluding hydrogens is 290 g/mol. The number of furan rings is 1. The number of hydrogen-bond acceptors (Lipinski definition) is 3. The molecule has 1 amide bonds. The van der Waals surface area contributed by atoms with E-state index in [0.29, 0.717) is 18.4 Å². The molecular formula is C19H21NO3. The zero-order chi connectivity index (χ0) is 16.0. The molecule has 0 radical (unpaired) electrons. The van der Waals surface area contributed by atoms with Crippen molar-refractivity contribution in [2.75, 3.05) is 0 Å². The highest BCUT2D eigenvalue weighted by molar-refractivity contribution is 5.95. The van der Waals surface area contributed by atoms with E-state index in [9.17, 15) is 9.90 Å². The Kier molecular flexibility index (Phi) is 3.49. The molecule has 1 aromatic carbocycles. The Morgan fingerprint density at radius 3 is 2.30 bits per heavy atom. The van der Waals surface area contributed by atoms with E-state index in [-0.39, 0.29) is 24.1 Å². The summed E-state index contributed by atoms with van der Waals surface area (Å²) in [6.07, 6.45) is 3.20. The van der Waals surface area contributed by atoms with Crippen LogP contribution in [0.25, 0.3) is 11.3 Å². The fourth-order valence-corrected chi connectivity index (χ4v) is 4.00. The van der Waals surface area contributed by atoms with Crippen molar-refractivity contribution in [3.8, 4) is 11.3 Å². The standard InChI is InChI=1S/C19H21NO3/c1-12-2-9-18(23-12)13-3-5-14(6-4-13)19(22)20-15-7-8-16(20)11-17(21)10-15/h2-6,9,15-17,21H,7-8,10-11H2,1H3/t15-,16+,17?. The summed E-state index contributed by atoms with van der Waals surface area (Å²) in [5, 5.41) is 9.88. The number of aryl methyl sites for hydroxylation is 1. The summed E-state index contributed by atoms with van der Waals surface area (Å²) in [6.45, 7) is 1.92. The van der Waals surface area contributed by atoms with Gasteiger partial charge in [-0.1, -0.05) is 12.1 Å². The average Bonchev–Trinajstić information content (AvgIpc) is 3.09. The lowest BCUT2D eigenvalue weighted by Crippen LogP contribution is -2.47. The van der Waals surface area contributed by atoms with Crippen LogP contribution in [0.4, 0.5) is 0 Å². The van der Waals surface area contributed by atoms with Crippen LogP contribution in [-0.4, -0.2) is 34.1 Å². The van der Waals surface area contributed by atoms with Gasteiger partial charge in [-0.3, -0.25) is 4.79 Å². The van der Waals surface area contributed by atoms with Crippen molar-refractivity contribution in [1.29, 1.82) is 0 Å². The fourth-order valence-electron chi connectivity index (χ4n) is 4.00. The molecule has 2 bridgehead atoms. The van der Waals surface area contributed by atoms with Crippen LogP contribution in [0.3, 0.4) is 0 Å². The van der Waals surface area contributed by atoms with E-state index in [2.05, 4.69) is 0 Å². The van der Waals surface area contributed by atoms with Gasteiger partial charge in [0.15, 0.2) is 0 Å². The molecule has 3 heterocycles. The lowest BCUT2D eigenvalue weighted by molar-refractivity contribution is 0.0287. The second kappa shape index (κ2) is 5.53. The van der Waals surface area contributed by atoms with Gasteiger partial charge in [-0.15, -0.1) is 0 Å². The number of carbonyl (C=O) groups excluding carboxylic acids is 1. The SMILES string of the molecule is Cc1ccc(-c2ccc(C(=O)N3[C@@H]4CC[C@H]3CC(O)C4)cc2)o1. The molecule has 3 atom stereocenters. The van der Waals surface area contributed by atoms with Crippen LogP contribution in [0.15, 0.2) is 40.8 Å². The van der Waals surface area contributed by atoms with Gasteiger partial charge < -0.3 is 14.4 Å². The highest BCUT2D eigenvalue weighted by Crippen LogP contribution is 2.37. The molecule has 0 saturated carbocycles. The number of nitrogens with zero attached hydrogens (tertiary/aromatic N) is 1. The topological polar surface area (TPSA) is 53.7 Å². The lowest BCUT2D eigenvalue weighted by atomic mass is 9.98. The third-order valence-corrected chi connectivity index (χ3v) is 5.10. The number of aliphatic hydroxyl groups is 1. The molecule has 1 N–H and O–H groups in total. The predicted octanol–water partition coefficient (Wildman–Crippen LogP) is 3.38. The van der Waals surface area contributed by atoms with E-state index in [1.54, 1.807) is 0 Å². The Labute approximate surface area is 135 Å². The van der Waals surface area contributed by atoms with E-state index in [4.69, 9.17) is 4.42 Å². The van der Waals surface area contributed by atoms with Crippen LogP contribution in [0, 0.1) is 6.92 Å². The highest BCUT2D eigenvalue weighted by atomic mass is 16.3. The number of carbonyl (C=O) groups is 1. The van der Waals surface area contributed by atoms with Crippen molar-refractivity contribution in [1.82, 2.24) is 4.90 Å². The van der Waals surface area contributed by atoms with Crippen molar-refractivity contribution in [3.63, 3.8) is 0 Å². The summed E-state index contributed by atoms with van der Waals surface area (Å²) in [5.41, 5.74) is 1.69. The molecule has 1 unspecified atom stereocenters.